The standard InChI is InChI=1S/C18H21N3O/c1-13-3-6-15(7-4-13)18(16-8-9-16)20-17(22)10-5-14-11-19-21(2)12-14/h3-7,10-12,16,18H,8-9H2,1-2H3,(H,20,22)/b10-5+. The van der Waals surface area contributed by atoms with E-state index in [-0.39, 0.29) is 11.9 Å². The number of benzene rings is 1. The molecule has 0 bridgehead atoms. The molecule has 1 unspecified atom stereocenters. The van der Waals surface area contributed by atoms with Gasteiger partial charge in [-0.15, -0.1) is 0 Å². The van der Waals surface area contributed by atoms with E-state index in [2.05, 4.69) is 41.6 Å². The molecule has 3 rings (SSSR count). The van der Waals surface area contributed by atoms with Crippen molar-refractivity contribution >= 4 is 12.0 Å². The summed E-state index contributed by atoms with van der Waals surface area (Å²) in [6.07, 6.45) is 9.36. The number of aryl methyl sites for hydroxylation is 2. The fourth-order valence-electron chi connectivity index (χ4n) is 2.58. The average Bonchev–Trinajstić information content (AvgIpc) is 3.26. The van der Waals surface area contributed by atoms with Crippen LogP contribution in [0.2, 0.25) is 0 Å². The second-order valence-corrected chi connectivity index (χ2v) is 6.02. The number of hydrogen-bond donors (Lipinski definition) is 1. The fraction of sp³-hybridized carbons (Fsp3) is 0.333. The zero-order chi connectivity index (χ0) is 15.5. The lowest BCUT2D eigenvalue weighted by Gasteiger charge is -2.18. The lowest BCUT2D eigenvalue weighted by atomic mass is 10.0. The molecule has 22 heavy (non-hydrogen) atoms. The highest BCUT2D eigenvalue weighted by molar-refractivity contribution is 5.91. The molecule has 1 N–H and O–H groups in total. The van der Waals surface area contributed by atoms with Gasteiger partial charge in [0.15, 0.2) is 0 Å². The minimum Gasteiger partial charge on any atom is -0.345 e. The van der Waals surface area contributed by atoms with Crippen LogP contribution in [0.5, 0.6) is 0 Å². The highest BCUT2D eigenvalue weighted by Gasteiger charge is 2.32. The third-order valence-corrected chi connectivity index (χ3v) is 3.98. The molecule has 2 aromatic rings. The summed E-state index contributed by atoms with van der Waals surface area (Å²) in [6.45, 7) is 2.07. The molecule has 1 amide bonds. The highest BCUT2D eigenvalue weighted by Crippen LogP contribution is 2.41. The Morgan fingerprint density at radius 1 is 1.36 bits per heavy atom. The van der Waals surface area contributed by atoms with Gasteiger partial charge in [-0.2, -0.15) is 5.10 Å². The van der Waals surface area contributed by atoms with Crippen LogP contribution in [0.4, 0.5) is 0 Å². The molecule has 0 aliphatic heterocycles. The SMILES string of the molecule is Cc1ccc(C(NC(=O)/C=C/c2cnn(C)c2)C2CC2)cc1. The first-order chi connectivity index (χ1) is 10.6. The van der Waals surface area contributed by atoms with Gasteiger partial charge in [0.05, 0.1) is 12.2 Å². The normalized spacial score (nSPS) is 15.9. The number of hydrogen-bond acceptors (Lipinski definition) is 2. The summed E-state index contributed by atoms with van der Waals surface area (Å²) in [4.78, 5) is 12.2. The Labute approximate surface area is 130 Å². The van der Waals surface area contributed by atoms with E-state index in [0.29, 0.717) is 5.92 Å². The summed E-state index contributed by atoms with van der Waals surface area (Å²) in [5.41, 5.74) is 3.35. The van der Waals surface area contributed by atoms with E-state index in [0.717, 1.165) is 5.56 Å². The van der Waals surface area contributed by atoms with Crippen LogP contribution in [0.3, 0.4) is 0 Å². The van der Waals surface area contributed by atoms with Crippen molar-refractivity contribution in [3.8, 4) is 0 Å². The Morgan fingerprint density at radius 3 is 2.68 bits per heavy atom. The van der Waals surface area contributed by atoms with Gasteiger partial charge in [0, 0.05) is 24.9 Å². The van der Waals surface area contributed by atoms with Crippen LogP contribution >= 0.6 is 0 Å². The molecular weight excluding hydrogens is 274 g/mol. The molecule has 1 aromatic carbocycles. The van der Waals surface area contributed by atoms with E-state index in [4.69, 9.17) is 0 Å². The molecule has 0 saturated heterocycles. The summed E-state index contributed by atoms with van der Waals surface area (Å²) < 4.78 is 1.72. The van der Waals surface area contributed by atoms with Crippen molar-refractivity contribution in [2.75, 3.05) is 0 Å². The summed E-state index contributed by atoms with van der Waals surface area (Å²) in [5.74, 6) is 0.514. The van der Waals surface area contributed by atoms with E-state index in [1.807, 2.05) is 13.2 Å². The highest BCUT2D eigenvalue weighted by atomic mass is 16.1. The van der Waals surface area contributed by atoms with E-state index < -0.39 is 0 Å². The molecule has 1 fully saturated rings. The van der Waals surface area contributed by atoms with Gasteiger partial charge in [0.1, 0.15) is 0 Å². The smallest absolute Gasteiger partial charge is 0.244 e. The molecule has 0 spiro atoms. The second kappa shape index (κ2) is 6.18. The Hall–Kier alpha value is -2.36. The van der Waals surface area contributed by atoms with Crippen LogP contribution in [-0.2, 0) is 11.8 Å². The average molecular weight is 295 g/mol. The monoisotopic (exact) mass is 295 g/mol. The number of nitrogens with one attached hydrogen (secondary N) is 1. The Morgan fingerprint density at radius 2 is 2.09 bits per heavy atom. The molecule has 1 aliphatic rings. The molecular formula is C18H21N3O. The summed E-state index contributed by atoms with van der Waals surface area (Å²) >= 11 is 0. The molecule has 0 radical (unpaired) electrons. The molecule has 1 aromatic heterocycles. The molecule has 114 valence electrons. The molecule has 1 aliphatic carbocycles. The fourth-order valence-corrected chi connectivity index (χ4v) is 2.58. The Bertz CT molecular complexity index is 681. The Kier molecular flexibility index (Phi) is 4.09. The number of amides is 1. The summed E-state index contributed by atoms with van der Waals surface area (Å²) in [5, 5.41) is 7.22. The van der Waals surface area contributed by atoms with Crippen LogP contribution in [0.25, 0.3) is 6.08 Å². The van der Waals surface area contributed by atoms with Gasteiger partial charge in [0.25, 0.3) is 0 Å². The third-order valence-electron chi connectivity index (χ3n) is 3.98. The zero-order valence-corrected chi connectivity index (χ0v) is 13.0. The topological polar surface area (TPSA) is 46.9 Å². The second-order valence-electron chi connectivity index (χ2n) is 6.02. The number of rotatable bonds is 5. The molecule has 1 heterocycles. The maximum absolute atomic E-state index is 12.2. The molecule has 4 heteroatoms. The predicted molar refractivity (Wildman–Crippen MR) is 87.0 cm³/mol. The molecule has 1 atom stereocenters. The van der Waals surface area contributed by atoms with Gasteiger partial charge in [-0.25, -0.2) is 0 Å². The predicted octanol–water partition coefficient (Wildman–Crippen LogP) is 3.01. The number of nitrogens with zero attached hydrogens (tertiary/aromatic N) is 2. The van der Waals surface area contributed by atoms with Gasteiger partial charge in [0.2, 0.25) is 5.91 Å². The van der Waals surface area contributed by atoms with Gasteiger partial charge >= 0.3 is 0 Å². The van der Waals surface area contributed by atoms with Crippen molar-refractivity contribution in [2.45, 2.75) is 25.8 Å². The van der Waals surface area contributed by atoms with Gasteiger partial charge in [-0.3, -0.25) is 9.48 Å². The first kappa shape index (κ1) is 14.6. The maximum atomic E-state index is 12.2. The largest absolute Gasteiger partial charge is 0.345 e. The lowest BCUT2D eigenvalue weighted by molar-refractivity contribution is -0.117. The zero-order valence-electron chi connectivity index (χ0n) is 13.0. The van der Waals surface area contributed by atoms with Crippen LogP contribution in [0.1, 0.15) is 35.6 Å². The van der Waals surface area contributed by atoms with Crippen molar-refractivity contribution in [2.24, 2.45) is 13.0 Å². The van der Waals surface area contributed by atoms with Crippen molar-refractivity contribution in [3.05, 3.63) is 59.4 Å². The van der Waals surface area contributed by atoms with Gasteiger partial charge < -0.3 is 5.32 Å². The van der Waals surface area contributed by atoms with Crippen molar-refractivity contribution < 1.29 is 4.79 Å². The first-order valence-corrected chi connectivity index (χ1v) is 7.65. The van der Waals surface area contributed by atoms with Crippen LogP contribution < -0.4 is 5.32 Å². The van der Waals surface area contributed by atoms with Gasteiger partial charge in [-0.05, 0) is 37.3 Å². The Balaban J connectivity index is 1.67. The van der Waals surface area contributed by atoms with Crippen LogP contribution in [0, 0.1) is 12.8 Å². The van der Waals surface area contributed by atoms with E-state index >= 15 is 0 Å². The molecule has 4 nitrogen and oxygen atoms in total. The van der Waals surface area contributed by atoms with Crippen molar-refractivity contribution in [1.82, 2.24) is 15.1 Å². The quantitative estimate of drug-likeness (QED) is 0.862. The van der Waals surface area contributed by atoms with Crippen LogP contribution in [0.15, 0.2) is 42.7 Å². The minimum atomic E-state index is -0.0543. The lowest BCUT2D eigenvalue weighted by Crippen LogP contribution is -2.28. The number of aromatic nitrogens is 2. The molecule has 1 saturated carbocycles. The van der Waals surface area contributed by atoms with Gasteiger partial charge in [-0.1, -0.05) is 29.8 Å². The minimum absolute atomic E-state index is 0.0543. The maximum Gasteiger partial charge on any atom is 0.244 e. The third kappa shape index (κ3) is 3.64. The van der Waals surface area contributed by atoms with Crippen LogP contribution in [-0.4, -0.2) is 15.7 Å². The summed E-state index contributed by atoms with van der Waals surface area (Å²) in [6, 6.07) is 8.55. The summed E-state index contributed by atoms with van der Waals surface area (Å²) in [7, 11) is 1.86. The number of carbonyl (C=O) groups excluding carboxylic acids is 1. The first-order valence-electron chi connectivity index (χ1n) is 7.65. The van der Waals surface area contributed by atoms with E-state index in [1.165, 1.54) is 24.0 Å². The van der Waals surface area contributed by atoms with Crippen molar-refractivity contribution in [3.63, 3.8) is 0 Å². The van der Waals surface area contributed by atoms with Crippen molar-refractivity contribution in [1.29, 1.82) is 0 Å². The number of carbonyl (C=O) groups is 1. The van der Waals surface area contributed by atoms with E-state index in [9.17, 15) is 4.79 Å². The van der Waals surface area contributed by atoms with E-state index in [1.54, 1.807) is 23.0 Å².